The number of carbonyl (C=O) groups is 1. The Kier molecular flexibility index (Phi) is 5.05. The van der Waals surface area contributed by atoms with E-state index in [0.29, 0.717) is 11.5 Å². The zero-order chi connectivity index (χ0) is 13.0. The number of thioether (sulfide) groups is 1. The molecule has 0 saturated carbocycles. The van der Waals surface area contributed by atoms with Crippen LogP contribution in [0.25, 0.3) is 0 Å². The van der Waals surface area contributed by atoms with Gasteiger partial charge in [-0.1, -0.05) is 20.8 Å². The van der Waals surface area contributed by atoms with E-state index in [-0.39, 0.29) is 11.9 Å². The average Bonchev–Trinajstić information content (AvgIpc) is 2.66. The molecule has 0 aliphatic carbocycles. The van der Waals surface area contributed by atoms with Crippen molar-refractivity contribution in [2.45, 2.75) is 38.3 Å². The molecule has 0 bridgehead atoms. The fourth-order valence-corrected chi connectivity index (χ4v) is 2.34. The molecule has 0 saturated heterocycles. The third-order valence-electron chi connectivity index (χ3n) is 2.79. The van der Waals surface area contributed by atoms with Crippen LogP contribution >= 0.6 is 11.8 Å². The van der Waals surface area contributed by atoms with Crippen molar-refractivity contribution in [2.75, 3.05) is 6.26 Å². The van der Waals surface area contributed by atoms with Crippen LogP contribution in [0.3, 0.4) is 0 Å². The van der Waals surface area contributed by atoms with E-state index in [9.17, 15) is 4.79 Å². The van der Waals surface area contributed by atoms with Gasteiger partial charge in [-0.3, -0.25) is 9.48 Å². The number of hydrogen-bond donors (Lipinski definition) is 1. The molecule has 1 heterocycles. The Labute approximate surface area is 107 Å². The van der Waals surface area contributed by atoms with Gasteiger partial charge in [0.05, 0.1) is 5.56 Å². The topological polar surface area (TPSA) is 46.9 Å². The maximum atomic E-state index is 12.1. The molecule has 0 aromatic carbocycles. The molecule has 4 nitrogen and oxygen atoms in total. The van der Waals surface area contributed by atoms with E-state index >= 15 is 0 Å². The Hall–Kier alpha value is -0.970. The van der Waals surface area contributed by atoms with Crippen molar-refractivity contribution in [3.05, 3.63) is 11.8 Å². The molecule has 0 aliphatic heterocycles. The monoisotopic (exact) mass is 255 g/mol. The van der Waals surface area contributed by atoms with Crippen molar-refractivity contribution in [3.63, 3.8) is 0 Å². The largest absolute Gasteiger partial charge is 0.349 e. The van der Waals surface area contributed by atoms with Crippen LogP contribution in [-0.4, -0.2) is 28.0 Å². The van der Waals surface area contributed by atoms with Crippen LogP contribution < -0.4 is 5.32 Å². The van der Waals surface area contributed by atoms with Crippen LogP contribution in [0.4, 0.5) is 0 Å². The summed E-state index contributed by atoms with van der Waals surface area (Å²) in [6, 6.07) is 0.220. The van der Waals surface area contributed by atoms with Crippen LogP contribution in [0.2, 0.25) is 0 Å². The van der Waals surface area contributed by atoms with E-state index in [1.54, 1.807) is 10.9 Å². The zero-order valence-corrected chi connectivity index (χ0v) is 12.0. The quantitative estimate of drug-likeness (QED) is 0.821. The van der Waals surface area contributed by atoms with Gasteiger partial charge < -0.3 is 5.32 Å². The van der Waals surface area contributed by atoms with E-state index in [1.807, 2.05) is 13.3 Å². The first kappa shape index (κ1) is 14.1. The number of aryl methyl sites for hydroxylation is 1. The Morgan fingerprint density at radius 2 is 2.24 bits per heavy atom. The van der Waals surface area contributed by atoms with Crippen LogP contribution in [0.5, 0.6) is 0 Å². The van der Waals surface area contributed by atoms with Crippen molar-refractivity contribution < 1.29 is 4.79 Å². The lowest BCUT2D eigenvalue weighted by Gasteiger charge is -2.20. The second-order valence-corrected chi connectivity index (χ2v) is 5.25. The summed E-state index contributed by atoms with van der Waals surface area (Å²) in [6.07, 6.45) is 4.64. The van der Waals surface area contributed by atoms with E-state index in [1.165, 1.54) is 11.8 Å². The number of nitrogens with one attached hydrogen (secondary N) is 1. The lowest BCUT2D eigenvalue weighted by molar-refractivity contribution is 0.0921. The molecule has 0 spiro atoms. The maximum absolute atomic E-state index is 12.1. The molecule has 17 heavy (non-hydrogen) atoms. The van der Waals surface area contributed by atoms with Gasteiger partial charge in [-0.2, -0.15) is 5.10 Å². The van der Waals surface area contributed by atoms with E-state index in [0.717, 1.165) is 11.4 Å². The molecule has 96 valence electrons. The average molecular weight is 255 g/mol. The number of rotatable bonds is 5. The minimum absolute atomic E-state index is 0.0250. The highest BCUT2D eigenvalue weighted by molar-refractivity contribution is 7.98. The maximum Gasteiger partial charge on any atom is 0.255 e. The van der Waals surface area contributed by atoms with Crippen molar-refractivity contribution in [1.29, 1.82) is 0 Å². The van der Waals surface area contributed by atoms with E-state index in [4.69, 9.17) is 0 Å². The van der Waals surface area contributed by atoms with E-state index in [2.05, 4.69) is 31.2 Å². The van der Waals surface area contributed by atoms with Gasteiger partial charge in [0.25, 0.3) is 5.91 Å². The van der Waals surface area contributed by atoms with Gasteiger partial charge in [0.2, 0.25) is 0 Å². The van der Waals surface area contributed by atoms with Crippen molar-refractivity contribution >= 4 is 17.7 Å². The van der Waals surface area contributed by atoms with E-state index < -0.39 is 0 Å². The SMILES string of the molecule is CC[C@@H](NC(=O)c1cn(C)nc1SC)C(C)C. The lowest BCUT2D eigenvalue weighted by atomic mass is 10.0. The third kappa shape index (κ3) is 3.49. The van der Waals surface area contributed by atoms with Crippen LogP contribution in [-0.2, 0) is 7.05 Å². The predicted molar refractivity (Wildman–Crippen MR) is 71.4 cm³/mol. The first-order chi connectivity index (χ1) is 7.99. The lowest BCUT2D eigenvalue weighted by Crippen LogP contribution is -2.38. The number of hydrogen-bond acceptors (Lipinski definition) is 3. The van der Waals surface area contributed by atoms with Crippen molar-refractivity contribution in [2.24, 2.45) is 13.0 Å². The van der Waals surface area contributed by atoms with Gasteiger partial charge in [-0.25, -0.2) is 0 Å². The molecule has 0 unspecified atom stereocenters. The van der Waals surface area contributed by atoms with Gasteiger partial charge >= 0.3 is 0 Å². The van der Waals surface area contributed by atoms with Gasteiger partial charge in [0.15, 0.2) is 0 Å². The fraction of sp³-hybridized carbons (Fsp3) is 0.667. The Balaban J connectivity index is 2.81. The summed E-state index contributed by atoms with van der Waals surface area (Å²) in [7, 11) is 1.83. The van der Waals surface area contributed by atoms with Crippen LogP contribution in [0.15, 0.2) is 11.2 Å². The Bertz CT molecular complexity index is 387. The van der Waals surface area contributed by atoms with Gasteiger partial charge in [-0.05, 0) is 18.6 Å². The zero-order valence-electron chi connectivity index (χ0n) is 11.2. The molecule has 1 N–H and O–H groups in total. The molecule has 1 aromatic rings. The third-order valence-corrected chi connectivity index (χ3v) is 3.48. The molecule has 5 heteroatoms. The predicted octanol–water partition coefficient (Wildman–Crippen LogP) is 2.31. The highest BCUT2D eigenvalue weighted by Crippen LogP contribution is 2.18. The number of aromatic nitrogens is 2. The van der Waals surface area contributed by atoms with Crippen molar-refractivity contribution in [3.8, 4) is 0 Å². The van der Waals surface area contributed by atoms with Crippen LogP contribution in [0.1, 0.15) is 37.6 Å². The summed E-state index contributed by atoms with van der Waals surface area (Å²) in [6.45, 7) is 6.32. The van der Waals surface area contributed by atoms with Crippen molar-refractivity contribution in [1.82, 2.24) is 15.1 Å². The summed E-state index contributed by atoms with van der Waals surface area (Å²) < 4.78 is 1.68. The first-order valence-electron chi connectivity index (χ1n) is 5.88. The molecule has 1 amide bonds. The summed E-state index contributed by atoms with van der Waals surface area (Å²) in [5.74, 6) is 0.418. The number of nitrogens with zero attached hydrogens (tertiary/aromatic N) is 2. The molecule has 1 aromatic heterocycles. The summed E-state index contributed by atoms with van der Waals surface area (Å²) >= 11 is 1.49. The standard InChI is InChI=1S/C12H21N3OS/c1-6-10(8(2)3)13-11(16)9-7-15(4)14-12(9)17-5/h7-8,10H,6H2,1-5H3,(H,13,16)/t10-/m1/s1. The molecule has 1 rings (SSSR count). The second kappa shape index (κ2) is 6.10. The molecular formula is C12H21N3OS. The summed E-state index contributed by atoms with van der Waals surface area (Å²) in [5, 5.41) is 8.09. The Morgan fingerprint density at radius 3 is 2.71 bits per heavy atom. The summed E-state index contributed by atoms with van der Waals surface area (Å²) in [5.41, 5.74) is 0.666. The second-order valence-electron chi connectivity index (χ2n) is 4.46. The van der Waals surface area contributed by atoms with Gasteiger partial charge in [0.1, 0.15) is 5.03 Å². The van der Waals surface area contributed by atoms with Gasteiger partial charge in [0, 0.05) is 19.3 Å². The highest BCUT2D eigenvalue weighted by atomic mass is 32.2. The molecule has 0 aliphatic rings. The fourth-order valence-electron chi connectivity index (χ4n) is 1.76. The highest BCUT2D eigenvalue weighted by Gasteiger charge is 2.19. The van der Waals surface area contributed by atoms with Crippen LogP contribution in [0, 0.1) is 5.92 Å². The molecular weight excluding hydrogens is 234 g/mol. The smallest absolute Gasteiger partial charge is 0.255 e. The molecule has 0 radical (unpaired) electrons. The minimum atomic E-state index is -0.0250. The van der Waals surface area contributed by atoms with Gasteiger partial charge in [-0.15, -0.1) is 11.8 Å². The first-order valence-corrected chi connectivity index (χ1v) is 7.10. The Morgan fingerprint density at radius 1 is 1.59 bits per heavy atom. The molecule has 0 fully saturated rings. The number of carbonyl (C=O) groups excluding carboxylic acids is 1. The summed E-state index contributed by atoms with van der Waals surface area (Å²) in [4.78, 5) is 12.1. The molecule has 1 atom stereocenters. The number of amides is 1. The normalized spacial score (nSPS) is 12.8. The minimum Gasteiger partial charge on any atom is -0.349 e.